The summed E-state index contributed by atoms with van der Waals surface area (Å²) in [5.41, 5.74) is 1.47. The standard InChI is InChI=1S/C13H10O.C4H9NO2/c14-13(11-7-3-1-4-8-11)12-9-5-2-6-10-12;1-2-5-3-4(6)7/h1-10H;5H,2-3H2,1H3,(H,6,7). The zero-order valence-electron chi connectivity index (χ0n) is 12.0. The van der Waals surface area contributed by atoms with Gasteiger partial charge in [-0.1, -0.05) is 67.6 Å². The van der Waals surface area contributed by atoms with Gasteiger partial charge < -0.3 is 10.4 Å². The molecule has 2 N–H and O–H groups in total. The molecule has 4 heteroatoms. The van der Waals surface area contributed by atoms with Crippen molar-refractivity contribution in [3.05, 3.63) is 71.8 Å². The largest absolute Gasteiger partial charge is 0.480 e. The SMILES string of the molecule is CCNCC(=O)O.O=C(c1ccccc1)c1ccccc1. The minimum Gasteiger partial charge on any atom is -0.480 e. The number of carbonyl (C=O) groups is 2. The van der Waals surface area contributed by atoms with Gasteiger partial charge in [0.15, 0.2) is 5.78 Å². The molecule has 0 aliphatic carbocycles. The van der Waals surface area contributed by atoms with Gasteiger partial charge in [0.25, 0.3) is 0 Å². The molecule has 0 heterocycles. The van der Waals surface area contributed by atoms with E-state index in [9.17, 15) is 9.59 Å². The average molecular weight is 285 g/mol. The number of carboxylic acids is 1. The Labute approximate surface area is 124 Å². The molecule has 0 spiro atoms. The summed E-state index contributed by atoms with van der Waals surface area (Å²) in [5.74, 6) is -0.729. The highest BCUT2D eigenvalue weighted by atomic mass is 16.4. The molecule has 0 amide bonds. The zero-order chi connectivity index (χ0) is 15.5. The van der Waals surface area contributed by atoms with Crippen molar-refractivity contribution in [2.75, 3.05) is 13.1 Å². The Morgan fingerprint density at radius 1 is 0.905 bits per heavy atom. The minimum atomic E-state index is -0.804. The first kappa shape index (κ1) is 16.6. The highest BCUT2D eigenvalue weighted by molar-refractivity contribution is 6.08. The summed E-state index contributed by atoms with van der Waals surface area (Å²) >= 11 is 0. The molecular weight excluding hydrogens is 266 g/mol. The van der Waals surface area contributed by atoms with Crippen LogP contribution in [0.2, 0.25) is 0 Å². The average Bonchev–Trinajstić information content (AvgIpc) is 2.54. The van der Waals surface area contributed by atoms with E-state index in [1.54, 1.807) is 0 Å². The second-order valence-electron chi connectivity index (χ2n) is 4.24. The maximum Gasteiger partial charge on any atom is 0.317 e. The van der Waals surface area contributed by atoms with Gasteiger partial charge in [0.05, 0.1) is 6.54 Å². The van der Waals surface area contributed by atoms with Gasteiger partial charge in [-0.05, 0) is 6.54 Å². The monoisotopic (exact) mass is 285 g/mol. The third-order valence-corrected chi connectivity index (χ3v) is 2.60. The Morgan fingerprint density at radius 2 is 1.33 bits per heavy atom. The predicted octanol–water partition coefficient (Wildman–Crippen LogP) is 2.60. The van der Waals surface area contributed by atoms with E-state index < -0.39 is 5.97 Å². The van der Waals surface area contributed by atoms with E-state index in [2.05, 4.69) is 5.32 Å². The maximum atomic E-state index is 11.8. The zero-order valence-corrected chi connectivity index (χ0v) is 12.0. The van der Waals surface area contributed by atoms with E-state index in [0.29, 0.717) is 6.54 Å². The van der Waals surface area contributed by atoms with Crippen molar-refractivity contribution >= 4 is 11.8 Å². The summed E-state index contributed by atoms with van der Waals surface area (Å²) in [7, 11) is 0. The Bertz CT molecular complexity index is 511. The molecule has 0 aliphatic heterocycles. The summed E-state index contributed by atoms with van der Waals surface area (Å²) in [5, 5.41) is 10.6. The molecule has 21 heavy (non-hydrogen) atoms. The molecule has 0 saturated carbocycles. The molecule has 0 atom stereocenters. The fraction of sp³-hybridized carbons (Fsp3) is 0.176. The maximum absolute atomic E-state index is 11.8. The van der Waals surface area contributed by atoms with Crippen molar-refractivity contribution in [1.29, 1.82) is 0 Å². The Balaban J connectivity index is 0.000000270. The number of aliphatic carboxylic acids is 1. The predicted molar refractivity (Wildman–Crippen MR) is 82.5 cm³/mol. The first-order valence-electron chi connectivity index (χ1n) is 6.72. The number of hydrogen-bond donors (Lipinski definition) is 2. The topological polar surface area (TPSA) is 66.4 Å². The van der Waals surface area contributed by atoms with Crippen molar-refractivity contribution in [1.82, 2.24) is 5.32 Å². The van der Waals surface area contributed by atoms with E-state index in [0.717, 1.165) is 11.1 Å². The van der Waals surface area contributed by atoms with Crippen molar-refractivity contribution in [2.45, 2.75) is 6.92 Å². The van der Waals surface area contributed by atoms with Gasteiger partial charge >= 0.3 is 5.97 Å². The Hall–Kier alpha value is -2.46. The number of likely N-dealkylation sites (N-methyl/N-ethyl adjacent to an activating group) is 1. The van der Waals surface area contributed by atoms with Crippen LogP contribution in [0.5, 0.6) is 0 Å². The number of carbonyl (C=O) groups excluding carboxylic acids is 1. The van der Waals surface area contributed by atoms with Crippen LogP contribution in [0.15, 0.2) is 60.7 Å². The summed E-state index contributed by atoms with van der Waals surface area (Å²) in [6.07, 6.45) is 0. The smallest absolute Gasteiger partial charge is 0.317 e. The van der Waals surface area contributed by atoms with Crippen LogP contribution in [0.4, 0.5) is 0 Å². The van der Waals surface area contributed by atoms with Gasteiger partial charge in [-0.15, -0.1) is 0 Å². The number of nitrogens with one attached hydrogen (secondary N) is 1. The highest BCUT2D eigenvalue weighted by Crippen LogP contribution is 2.08. The van der Waals surface area contributed by atoms with E-state index in [1.807, 2.05) is 67.6 Å². The van der Waals surface area contributed by atoms with E-state index in [4.69, 9.17) is 5.11 Å². The number of ketones is 1. The fourth-order valence-electron chi connectivity index (χ4n) is 1.58. The third-order valence-electron chi connectivity index (χ3n) is 2.60. The number of carboxylic acid groups (broad SMARTS) is 1. The van der Waals surface area contributed by atoms with Crippen molar-refractivity contribution in [3.8, 4) is 0 Å². The third kappa shape index (κ3) is 6.49. The molecule has 0 saturated heterocycles. The Morgan fingerprint density at radius 3 is 1.62 bits per heavy atom. The summed E-state index contributed by atoms with van der Waals surface area (Å²) in [6.45, 7) is 2.64. The van der Waals surface area contributed by atoms with Crippen molar-refractivity contribution in [2.24, 2.45) is 0 Å². The normalized spacial score (nSPS) is 9.38. The fourth-order valence-corrected chi connectivity index (χ4v) is 1.58. The van der Waals surface area contributed by atoms with E-state index >= 15 is 0 Å². The van der Waals surface area contributed by atoms with E-state index in [1.165, 1.54) is 0 Å². The highest BCUT2D eigenvalue weighted by Gasteiger charge is 2.06. The van der Waals surface area contributed by atoms with Gasteiger partial charge in [0, 0.05) is 11.1 Å². The molecule has 2 aromatic carbocycles. The van der Waals surface area contributed by atoms with Crippen LogP contribution >= 0.6 is 0 Å². The van der Waals surface area contributed by atoms with Gasteiger partial charge in [-0.2, -0.15) is 0 Å². The summed E-state index contributed by atoms with van der Waals surface area (Å²) in [6, 6.07) is 18.6. The summed E-state index contributed by atoms with van der Waals surface area (Å²) < 4.78 is 0. The first-order valence-corrected chi connectivity index (χ1v) is 6.72. The number of hydrogen-bond acceptors (Lipinski definition) is 3. The van der Waals surface area contributed by atoms with Crippen LogP contribution < -0.4 is 5.32 Å². The molecule has 110 valence electrons. The molecule has 0 fully saturated rings. The van der Waals surface area contributed by atoms with Crippen LogP contribution in [0.3, 0.4) is 0 Å². The van der Waals surface area contributed by atoms with Crippen LogP contribution in [0, 0.1) is 0 Å². The molecule has 2 rings (SSSR count). The van der Waals surface area contributed by atoms with Crippen LogP contribution in [-0.4, -0.2) is 29.9 Å². The van der Waals surface area contributed by atoms with Gasteiger partial charge in [-0.25, -0.2) is 0 Å². The first-order chi connectivity index (χ1) is 10.1. The van der Waals surface area contributed by atoms with Gasteiger partial charge in [0.2, 0.25) is 0 Å². The minimum absolute atomic E-state index is 0.0660. The van der Waals surface area contributed by atoms with Gasteiger partial charge in [0.1, 0.15) is 0 Å². The lowest BCUT2D eigenvalue weighted by molar-refractivity contribution is -0.135. The number of benzene rings is 2. The Kier molecular flexibility index (Phi) is 7.46. The molecular formula is C17H19NO3. The molecule has 0 aliphatic rings. The van der Waals surface area contributed by atoms with Crippen LogP contribution in [-0.2, 0) is 4.79 Å². The molecule has 0 unspecified atom stereocenters. The van der Waals surface area contributed by atoms with Crippen LogP contribution in [0.1, 0.15) is 22.8 Å². The molecule has 2 aromatic rings. The summed E-state index contributed by atoms with van der Waals surface area (Å²) in [4.78, 5) is 21.5. The lowest BCUT2D eigenvalue weighted by Gasteiger charge is -1.99. The van der Waals surface area contributed by atoms with Crippen LogP contribution in [0.25, 0.3) is 0 Å². The van der Waals surface area contributed by atoms with Crippen molar-refractivity contribution < 1.29 is 14.7 Å². The van der Waals surface area contributed by atoms with Gasteiger partial charge in [-0.3, -0.25) is 9.59 Å². The second-order valence-corrected chi connectivity index (χ2v) is 4.24. The van der Waals surface area contributed by atoms with Crippen molar-refractivity contribution in [3.63, 3.8) is 0 Å². The van der Waals surface area contributed by atoms with E-state index in [-0.39, 0.29) is 12.3 Å². The molecule has 4 nitrogen and oxygen atoms in total. The quantitative estimate of drug-likeness (QED) is 0.829. The lowest BCUT2D eigenvalue weighted by atomic mass is 10.0. The number of rotatable bonds is 5. The molecule has 0 bridgehead atoms. The lowest BCUT2D eigenvalue weighted by Crippen LogP contribution is -2.21. The molecule has 0 aromatic heterocycles. The second kappa shape index (κ2) is 9.44. The molecule has 0 radical (unpaired) electrons.